The Balaban J connectivity index is 0.000000144. The Morgan fingerprint density at radius 3 is 1.62 bits per heavy atom. The highest BCUT2D eigenvalue weighted by atomic mass is 127. The topological polar surface area (TPSA) is 110 Å². The van der Waals surface area contributed by atoms with Crippen LogP contribution in [-0.2, 0) is 0 Å². The Labute approximate surface area is 229 Å². The summed E-state index contributed by atoms with van der Waals surface area (Å²) in [5.74, 6) is 1.17. The Hall–Kier alpha value is -2.29. The van der Waals surface area contributed by atoms with Crippen LogP contribution in [0.15, 0.2) is 40.9 Å². The van der Waals surface area contributed by atoms with Crippen LogP contribution >= 0.6 is 61.7 Å². The fourth-order valence-corrected chi connectivity index (χ4v) is 4.04. The first-order valence-corrected chi connectivity index (χ1v) is 12.8. The van der Waals surface area contributed by atoms with Crippen LogP contribution in [0.25, 0.3) is 0 Å². The zero-order valence-corrected chi connectivity index (χ0v) is 22.9. The maximum atomic E-state index is 8.80. The fourth-order valence-electron chi connectivity index (χ4n) is 3.02. The molecule has 10 heteroatoms. The first kappa shape index (κ1) is 26.3. The standard InChI is InChI=1S/C9H7ClN2.C9H7IN2.C6H2BrClN2/c2*10-9-4-3-7(6-1-2-6)8(5-11)12-9;7-4-1-2-6(8)10-5(4)3-9/h2*3-4,6H,1-2H2;1-2H. The van der Waals surface area contributed by atoms with Gasteiger partial charge in [0.25, 0.3) is 0 Å². The predicted molar refractivity (Wildman–Crippen MR) is 141 cm³/mol. The Bertz CT molecular complexity index is 1250. The lowest BCUT2D eigenvalue weighted by Crippen LogP contribution is -1.93. The molecule has 2 aliphatic rings. The van der Waals surface area contributed by atoms with Gasteiger partial charge in [0.2, 0.25) is 0 Å². The Kier molecular flexibility index (Phi) is 9.62. The quantitative estimate of drug-likeness (QED) is 0.210. The van der Waals surface area contributed by atoms with Crippen LogP contribution in [0.1, 0.15) is 65.7 Å². The van der Waals surface area contributed by atoms with Gasteiger partial charge in [0.05, 0.1) is 4.47 Å². The maximum Gasteiger partial charge on any atom is 0.156 e. The smallest absolute Gasteiger partial charge is 0.156 e. The number of aromatic nitrogens is 3. The summed E-state index contributed by atoms with van der Waals surface area (Å²) in [5.41, 5.74) is 3.61. The van der Waals surface area contributed by atoms with Crippen molar-refractivity contribution in [2.24, 2.45) is 0 Å². The lowest BCUT2D eigenvalue weighted by atomic mass is 10.1. The molecule has 0 aliphatic heterocycles. The van der Waals surface area contributed by atoms with Crippen molar-refractivity contribution in [1.29, 1.82) is 15.8 Å². The van der Waals surface area contributed by atoms with Crippen molar-refractivity contribution < 1.29 is 0 Å². The molecule has 0 bridgehead atoms. The zero-order valence-electron chi connectivity index (χ0n) is 17.6. The molecule has 0 aromatic carbocycles. The molecule has 3 heterocycles. The minimum Gasteiger partial charge on any atom is -0.231 e. The van der Waals surface area contributed by atoms with Crippen molar-refractivity contribution in [3.05, 3.63) is 83.1 Å². The fraction of sp³-hybridized carbons (Fsp3) is 0.250. The molecule has 0 radical (unpaired) electrons. The van der Waals surface area contributed by atoms with E-state index in [1.165, 1.54) is 25.7 Å². The summed E-state index contributed by atoms with van der Waals surface area (Å²) in [6.07, 6.45) is 4.80. The van der Waals surface area contributed by atoms with Crippen LogP contribution in [0, 0.1) is 37.7 Å². The van der Waals surface area contributed by atoms with Gasteiger partial charge in [0.1, 0.15) is 43.6 Å². The molecule has 0 amide bonds. The highest BCUT2D eigenvalue weighted by Crippen LogP contribution is 2.41. The third-order valence-electron chi connectivity index (χ3n) is 4.95. The second-order valence-electron chi connectivity index (χ2n) is 7.49. The summed E-state index contributed by atoms with van der Waals surface area (Å²) in [6, 6.07) is 17.1. The minimum absolute atomic E-state index is 0.313. The van der Waals surface area contributed by atoms with Crippen molar-refractivity contribution in [3.63, 3.8) is 0 Å². The second-order valence-corrected chi connectivity index (χ2v) is 10.2. The zero-order chi connectivity index (χ0) is 24.7. The molecule has 0 unspecified atom stereocenters. The molecule has 2 aliphatic carbocycles. The molecule has 170 valence electrons. The van der Waals surface area contributed by atoms with Crippen molar-refractivity contribution in [2.75, 3.05) is 0 Å². The van der Waals surface area contributed by atoms with Gasteiger partial charge >= 0.3 is 0 Å². The first-order chi connectivity index (χ1) is 16.4. The van der Waals surface area contributed by atoms with Gasteiger partial charge in [-0.1, -0.05) is 35.3 Å². The lowest BCUT2D eigenvalue weighted by molar-refractivity contribution is 1.06. The minimum atomic E-state index is 0.313. The third kappa shape index (κ3) is 7.61. The molecule has 0 N–H and O–H groups in total. The summed E-state index contributed by atoms with van der Waals surface area (Å²) in [7, 11) is 0. The Morgan fingerprint density at radius 1 is 0.706 bits per heavy atom. The summed E-state index contributed by atoms with van der Waals surface area (Å²) >= 11 is 16.4. The second kappa shape index (κ2) is 12.4. The van der Waals surface area contributed by atoms with Gasteiger partial charge in [0.15, 0.2) is 5.69 Å². The first-order valence-electron chi connectivity index (χ1n) is 10.2. The molecule has 0 spiro atoms. The van der Waals surface area contributed by atoms with Gasteiger partial charge < -0.3 is 0 Å². The lowest BCUT2D eigenvalue weighted by Gasteiger charge is -1.99. The number of halogens is 4. The van der Waals surface area contributed by atoms with E-state index in [-0.39, 0.29) is 0 Å². The van der Waals surface area contributed by atoms with E-state index in [2.05, 4.69) is 65.6 Å². The van der Waals surface area contributed by atoms with E-state index in [9.17, 15) is 0 Å². The van der Waals surface area contributed by atoms with Crippen molar-refractivity contribution in [3.8, 4) is 18.2 Å². The van der Waals surface area contributed by atoms with E-state index < -0.39 is 0 Å². The maximum absolute atomic E-state index is 8.80. The normalized spacial score (nSPS) is 13.7. The summed E-state index contributed by atoms with van der Waals surface area (Å²) in [5, 5.41) is 26.7. The highest BCUT2D eigenvalue weighted by molar-refractivity contribution is 14.1. The molecule has 0 saturated heterocycles. The molecule has 2 saturated carbocycles. The van der Waals surface area contributed by atoms with E-state index in [1.54, 1.807) is 18.2 Å². The highest BCUT2D eigenvalue weighted by Gasteiger charge is 2.27. The summed E-state index contributed by atoms with van der Waals surface area (Å²) < 4.78 is 1.56. The molecule has 5 rings (SSSR count). The molecule has 0 atom stereocenters. The van der Waals surface area contributed by atoms with Crippen molar-refractivity contribution in [2.45, 2.75) is 37.5 Å². The van der Waals surface area contributed by atoms with E-state index in [4.69, 9.17) is 39.0 Å². The number of nitriles is 3. The van der Waals surface area contributed by atoms with Gasteiger partial charge in [0, 0.05) is 0 Å². The summed E-state index contributed by atoms with van der Waals surface area (Å²) in [4.78, 5) is 11.9. The van der Waals surface area contributed by atoms with Gasteiger partial charge in [-0.05, 0) is 111 Å². The predicted octanol–water partition coefficient (Wildman–Crippen LogP) is 7.29. The number of hydrogen-bond acceptors (Lipinski definition) is 6. The van der Waals surface area contributed by atoms with E-state index in [0.717, 1.165) is 14.8 Å². The molecule has 3 aromatic heterocycles. The third-order valence-corrected chi connectivity index (χ3v) is 6.61. The van der Waals surface area contributed by atoms with Crippen LogP contribution in [0.3, 0.4) is 0 Å². The Morgan fingerprint density at radius 2 is 1.15 bits per heavy atom. The molecule has 2 fully saturated rings. The van der Waals surface area contributed by atoms with Crippen LogP contribution in [0.5, 0.6) is 0 Å². The van der Waals surface area contributed by atoms with Crippen LogP contribution in [-0.4, -0.2) is 15.0 Å². The number of pyridine rings is 3. The van der Waals surface area contributed by atoms with Gasteiger partial charge in [-0.15, -0.1) is 0 Å². The van der Waals surface area contributed by atoms with Crippen LogP contribution in [0.2, 0.25) is 10.3 Å². The monoisotopic (exact) mass is 664 g/mol. The molecule has 6 nitrogen and oxygen atoms in total. The molecular formula is C24H16BrCl2IN6. The molecular weight excluding hydrogens is 650 g/mol. The number of rotatable bonds is 2. The van der Waals surface area contributed by atoms with Gasteiger partial charge in [-0.2, -0.15) is 15.8 Å². The largest absolute Gasteiger partial charge is 0.231 e. The number of hydrogen-bond donors (Lipinski definition) is 0. The average molecular weight is 666 g/mol. The summed E-state index contributed by atoms with van der Waals surface area (Å²) in [6.45, 7) is 0. The van der Waals surface area contributed by atoms with Crippen LogP contribution < -0.4 is 0 Å². The average Bonchev–Trinajstić information content (AvgIpc) is 3.75. The van der Waals surface area contributed by atoms with Gasteiger partial charge in [-0.3, -0.25) is 0 Å². The van der Waals surface area contributed by atoms with Crippen molar-refractivity contribution in [1.82, 2.24) is 15.0 Å². The van der Waals surface area contributed by atoms with E-state index in [0.29, 0.717) is 43.7 Å². The van der Waals surface area contributed by atoms with E-state index in [1.807, 2.05) is 24.3 Å². The van der Waals surface area contributed by atoms with Gasteiger partial charge in [-0.25, -0.2) is 15.0 Å². The molecule has 3 aromatic rings. The van der Waals surface area contributed by atoms with Crippen LogP contribution in [0.4, 0.5) is 0 Å². The van der Waals surface area contributed by atoms with E-state index >= 15 is 0 Å². The number of nitrogens with zero attached hydrogens (tertiary/aromatic N) is 6. The van der Waals surface area contributed by atoms with Crippen molar-refractivity contribution >= 4 is 61.7 Å². The molecule has 34 heavy (non-hydrogen) atoms. The SMILES string of the molecule is N#Cc1nc(Cl)ccc1Br.N#Cc1nc(Cl)ccc1C1CC1.N#Cc1nc(I)ccc1C1CC1.